The van der Waals surface area contributed by atoms with Gasteiger partial charge in [0.05, 0.1) is 4.92 Å². The maximum Gasteiger partial charge on any atom is 0.294 e. The Morgan fingerprint density at radius 2 is 2.00 bits per heavy atom. The van der Waals surface area contributed by atoms with Crippen LogP contribution in [-0.4, -0.2) is 55.1 Å². The molecule has 2 saturated heterocycles. The molecule has 6 nitrogen and oxygen atoms in total. The first-order chi connectivity index (χ1) is 9.65. The van der Waals surface area contributed by atoms with Crippen LogP contribution < -0.4 is 10.2 Å². The maximum absolute atomic E-state index is 11.1. The van der Waals surface area contributed by atoms with Crippen LogP contribution in [0.1, 0.15) is 0 Å². The highest BCUT2D eigenvalue weighted by Gasteiger charge is 2.35. The Labute approximate surface area is 122 Å². The summed E-state index contributed by atoms with van der Waals surface area (Å²) in [5, 5.41) is 14.8. The number of nitrogens with zero attached hydrogens (tertiary/aromatic N) is 3. The number of nitro groups is 1. The summed E-state index contributed by atoms with van der Waals surface area (Å²) in [4.78, 5) is 15.3. The Hall–Kier alpha value is -1.37. The highest BCUT2D eigenvalue weighted by molar-refractivity contribution is 6.30. The molecule has 108 valence electrons. The monoisotopic (exact) mass is 296 g/mol. The summed E-state index contributed by atoms with van der Waals surface area (Å²) in [5.41, 5.74) is 0.766. The van der Waals surface area contributed by atoms with Gasteiger partial charge in [-0.3, -0.25) is 15.0 Å². The van der Waals surface area contributed by atoms with Crippen molar-refractivity contribution >= 4 is 23.0 Å². The Bertz CT molecular complexity index is 513. The van der Waals surface area contributed by atoms with E-state index in [2.05, 4.69) is 15.1 Å². The average Bonchev–Trinajstić information content (AvgIpc) is 2.39. The van der Waals surface area contributed by atoms with Crippen LogP contribution in [0.2, 0.25) is 5.02 Å². The summed E-state index contributed by atoms with van der Waals surface area (Å²) in [5.74, 6) is 0. The van der Waals surface area contributed by atoms with Gasteiger partial charge in [-0.25, -0.2) is 0 Å². The molecule has 0 saturated carbocycles. The number of halogens is 1. The van der Waals surface area contributed by atoms with E-state index < -0.39 is 0 Å². The van der Waals surface area contributed by atoms with Gasteiger partial charge >= 0.3 is 0 Å². The molecule has 20 heavy (non-hydrogen) atoms. The molecule has 0 spiro atoms. The lowest BCUT2D eigenvalue weighted by Gasteiger charge is -2.47. The molecule has 0 unspecified atom stereocenters. The molecule has 2 aliphatic heterocycles. The molecule has 7 heteroatoms. The van der Waals surface area contributed by atoms with Crippen molar-refractivity contribution in [3.63, 3.8) is 0 Å². The minimum Gasteiger partial charge on any atom is -0.363 e. The fraction of sp³-hybridized carbons (Fsp3) is 0.538. The van der Waals surface area contributed by atoms with Crippen molar-refractivity contribution in [2.45, 2.75) is 6.04 Å². The first-order valence-electron chi connectivity index (χ1n) is 6.79. The molecule has 2 aliphatic rings. The molecule has 0 radical (unpaired) electrons. The number of benzene rings is 1. The maximum atomic E-state index is 11.1. The summed E-state index contributed by atoms with van der Waals surface area (Å²) in [7, 11) is 0. The van der Waals surface area contributed by atoms with E-state index in [1.807, 2.05) is 0 Å². The third-order valence-electron chi connectivity index (χ3n) is 4.01. The highest BCUT2D eigenvalue weighted by Crippen LogP contribution is 2.34. The first-order valence-corrected chi connectivity index (χ1v) is 7.16. The number of nitrogens with one attached hydrogen (secondary N) is 1. The molecule has 3 rings (SSSR count). The number of hydrogen-bond donors (Lipinski definition) is 1. The summed E-state index contributed by atoms with van der Waals surface area (Å²) < 4.78 is 0. The van der Waals surface area contributed by atoms with E-state index >= 15 is 0 Å². The molecule has 0 bridgehead atoms. The molecule has 1 N–H and O–H groups in total. The molecular formula is C13H17ClN4O2. The second-order valence-electron chi connectivity index (χ2n) is 5.23. The zero-order valence-corrected chi connectivity index (χ0v) is 11.8. The van der Waals surface area contributed by atoms with Gasteiger partial charge in [-0.05, 0) is 12.1 Å². The summed E-state index contributed by atoms with van der Waals surface area (Å²) >= 11 is 5.84. The first kappa shape index (κ1) is 13.6. The molecular weight excluding hydrogens is 280 g/mol. The van der Waals surface area contributed by atoms with Gasteiger partial charge < -0.3 is 10.2 Å². The zero-order chi connectivity index (χ0) is 14.1. The van der Waals surface area contributed by atoms with Crippen LogP contribution in [0.25, 0.3) is 0 Å². The molecule has 0 aromatic heterocycles. The van der Waals surface area contributed by atoms with Crippen molar-refractivity contribution in [1.29, 1.82) is 0 Å². The number of nitro benzene ring substituents is 1. The van der Waals surface area contributed by atoms with E-state index in [9.17, 15) is 10.1 Å². The molecule has 2 heterocycles. The highest BCUT2D eigenvalue weighted by atomic mass is 35.5. The minimum absolute atomic E-state index is 0.0938. The lowest BCUT2D eigenvalue weighted by molar-refractivity contribution is -0.384. The SMILES string of the molecule is O=[N+]([O-])c1cc(Cl)ccc1N1CC(N2CCNCC2)C1. The van der Waals surface area contributed by atoms with Crippen LogP contribution in [0, 0.1) is 10.1 Å². The third-order valence-corrected chi connectivity index (χ3v) is 4.24. The van der Waals surface area contributed by atoms with Crippen molar-refractivity contribution in [1.82, 2.24) is 10.2 Å². The van der Waals surface area contributed by atoms with Gasteiger partial charge in [0.15, 0.2) is 0 Å². The van der Waals surface area contributed by atoms with Crippen LogP contribution in [-0.2, 0) is 0 Å². The summed E-state index contributed by atoms with van der Waals surface area (Å²) in [6.07, 6.45) is 0. The molecule has 1 aromatic carbocycles. The van der Waals surface area contributed by atoms with Gasteiger partial charge in [0.25, 0.3) is 5.69 Å². The molecule has 0 atom stereocenters. The Morgan fingerprint density at radius 3 is 2.65 bits per heavy atom. The van der Waals surface area contributed by atoms with Gasteiger partial charge in [0.1, 0.15) is 5.69 Å². The van der Waals surface area contributed by atoms with Crippen molar-refractivity contribution in [2.24, 2.45) is 0 Å². The van der Waals surface area contributed by atoms with Crippen LogP contribution in [0.15, 0.2) is 18.2 Å². The van der Waals surface area contributed by atoms with Crippen LogP contribution in [0.5, 0.6) is 0 Å². The smallest absolute Gasteiger partial charge is 0.294 e. The van der Waals surface area contributed by atoms with Crippen molar-refractivity contribution in [3.05, 3.63) is 33.3 Å². The van der Waals surface area contributed by atoms with E-state index in [-0.39, 0.29) is 10.6 Å². The van der Waals surface area contributed by atoms with Gasteiger partial charge in [0.2, 0.25) is 0 Å². The molecule has 1 aromatic rings. The second kappa shape index (κ2) is 5.55. The quantitative estimate of drug-likeness (QED) is 0.674. The Kier molecular flexibility index (Phi) is 3.78. The zero-order valence-electron chi connectivity index (χ0n) is 11.1. The lowest BCUT2D eigenvalue weighted by atomic mass is 10.0. The van der Waals surface area contributed by atoms with Crippen LogP contribution >= 0.6 is 11.6 Å². The van der Waals surface area contributed by atoms with E-state index in [1.54, 1.807) is 12.1 Å². The van der Waals surface area contributed by atoms with E-state index in [0.717, 1.165) is 39.3 Å². The van der Waals surface area contributed by atoms with Crippen molar-refractivity contribution in [2.75, 3.05) is 44.2 Å². The van der Waals surface area contributed by atoms with Gasteiger partial charge in [-0.1, -0.05) is 11.6 Å². The van der Waals surface area contributed by atoms with E-state index in [0.29, 0.717) is 16.8 Å². The Morgan fingerprint density at radius 1 is 1.30 bits per heavy atom. The van der Waals surface area contributed by atoms with Gasteiger partial charge in [0, 0.05) is 56.4 Å². The molecule has 2 fully saturated rings. The van der Waals surface area contributed by atoms with Crippen LogP contribution in [0.3, 0.4) is 0 Å². The fourth-order valence-corrected chi connectivity index (χ4v) is 3.01. The van der Waals surface area contributed by atoms with Crippen molar-refractivity contribution in [3.8, 4) is 0 Å². The number of rotatable bonds is 3. The summed E-state index contributed by atoms with van der Waals surface area (Å²) in [6, 6.07) is 5.39. The topological polar surface area (TPSA) is 61.7 Å². The largest absolute Gasteiger partial charge is 0.363 e. The lowest BCUT2D eigenvalue weighted by Crippen LogP contribution is -2.63. The fourth-order valence-electron chi connectivity index (χ4n) is 2.84. The number of anilines is 1. The summed E-state index contributed by atoms with van der Waals surface area (Å²) in [6.45, 7) is 5.86. The molecule has 0 amide bonds. The minimum atomic E-state index is -0.362. The van der Waals surface area contributed by atoms with Gasteiger partial charge in [-0.15, -0.1) is 0 Å². The van der Waals surface area contributed by atoms with E-state index in [4.69, 9.17) is 11.6 Å². The second-order valence-corrected chi connectivity index (χ2v) is 5.67. The third kappa shape index (κ3) is 2.59. The molecule has 0 aliphatic carbocycles. The van der Waals surface area contributed by atoms with Crippen LogP contribution in [0.4, 0.5) is 11.4 Å². The Balaban J connectivity index is 1.68. The predicted octanol–water partition coefficient (Wildman–Crippen LogP) is 1.34. The number of hydrogen-bond acceptors (Lipinski definition) is 5. The average molecular weight is 297 g/mol. The van der Waals surface area contributed by atoms with E-state index in [1.165, 1.54) is 6.07 Å². The predicted molar refractivity (Wildman–Crippen MR) is 78.6 cm³/mol. The number of piperazine rings is 1. The van der Waals surface area contributed by atoms with Gasteiger partial charge in [-0.2, -0.15) is 0 Å². The standard InChI is InChI=1S/C13H17ClN4O2/c14-10-1-2-12(13(7-10)18(19)20)17-8-11(9-17)16-5-3-15-4-6-16/h1-2,7,11,15H,3-6,8-9H2. The van der Waals surface area contributed by atoms with Crippen molar-refractivity contribution < 1.29 is 4.92 Å². The normalized spacial score (nSPS) is 20.8.